The first-order chi connectivity index (χ1) is 15.0. The fourth-order valence-electron chi connectivity index (χ4n) is 2.57. The van der Waals surface area contributed by atoms with Crippen LogP contribution in [0.15, 0.2) is 0 Å². The first-order valence-electron chi connectivity index (χ1n) is 10.3. The van der Waals surface area contributed by atoms with Gasteiger partial charge in [-0.1, -0.05) is 20.3 Å². The molecule has 5 unspecified atom stereocenters. The molecule has 0 aliphatic rings. The Labute approximate surface area is 191 Å². The first-order valence-corrected chi connectivity index (χ1v) is 11.6. The molecule has 0 saturated heterocycles. The van der Waals surface area contributed by atoms with Crippen molar-refractivity contribution in [3.63, 3.8) is 0 Å². The lowest BCUT2D eigenvalue weighted by atomic mass is 9.99. The largest absolute Gasteiger partial charge is 0.480 e. The molecule has 0 aliphatic carbocycles. The van der Waals surface area contributed by atoms with E-state index in [1.165, 1.54) is 11.8 Å². The lowest BCUT2D eigenvalue weighted by molar-refractivity contribution is -0.143. The first kappa shape index (κ1) is 29.6. The number of carbonyl (C=O) groups excluding carboxylic acids is 4. The number of thioether (sulfide) groups is 1. The number of carboxylic acid groups (broad SMARTS) is 1. The van der Waals surface area contributed by atoms with Gasteiger partial charge < -0.3 is 37.6 Å². The van der Waals surface area contributed by atoms with Crippen LogP contribution >= 0.6 is 11.8 Å². The Hall–Kier alpha value is -2.38. The van der Waals surface area contributed by atoms with Crippen molar-refractivity contribution in [3.8, 4) is 0 Å². The van der Waals surface area contributed by atoms with Gasteiger partial charge in [-0.05, 0) is 30.8 Å². The molecule has 0 aromatic heterocycles. The highest BCUT2D eigenvalue weighted by molar-refractivity contribution is 7.98. The zero-order chi connectivity index (χ0) is 24.8. The van der Waals surface area contributed by atoms with Crippen molar-refractivity contribution in [2.75, 3.05) is 18.6 Å². The monoisotopic (exact) mass is 477 g/mol. The molecule has 0 rings (SSSR count). The van der Waals surface area contributed by atoms with Gasteiger partial charge in [-0.3, -0.25) is 19.2 Å². The van der Waals surface area contributed by atoms with E-state index in [1.54, 1.807) is 0 Å². The molecule has 5 atom stereocenters. The number of nitrogens with one attached hydrogen (secondary N) is 3. The van der Waals surface area contributed by atoms with Gasteiger partial charge in [-0.2, -0.15) is 11.8 Å². The van der Waals surface area contributed by atoms with E-state index in [1.807, 2.05) is 20.1 Å². The Morgan fingerprint density at radius 3 is 1.94 bits per heavy atom. The fourth-order valence-corrected chi connectivity index (χ4v) is 3.04. The number of aliphatic hydroxyl groups excluding tert-OH is 1. The van der Waals surface area contributed by atoms with Crippen LogP contribution in [0.4, 0.5) is 0 Å². The van der Waals surface area contributed by atoms with Crippen LogP contribution in [0, 0.1) is 5.92 Å². The second kappa shape index (κ2) is 15.4. The summed E-state index contributed by atoms with van der Waals surface area (Å²) in [7, 11) is 0. The third-order valence-corrected chi connectivity index (χ3v) is 5.56. The number of nitrogens with two attached hydrogens (primary N) is 2. The number of rotatable bonds is 16. The summed E-state index contributed by atoms with van der Waals surface area (Å²) >= 11 is 1.45. The highest BCUT2D eigenvalue weighted by atomic mass is 32.2. The van der Waals surface area contributed by atoms with E-state index in [-0.39, 0.29) is 25.2 Å². The van der Waals surface area contributed by atoms with Crippen molar-refractivity contribution in [2.24, 2.45) is 17.4 Å². The number of aliphatic carboxylic acids is 1. The summed E-state index contributed by atoms with van der Waals surface area (Å²) < 4.78 is 0. The molecule has 0 spiro atoms. The summed E-state index contributed by atoms with van der Waals surface area (Å²) in [5.74, 6) is -3.90. The molecule has 0 fully saturated rings. The van der Waals surface area contributed by atoms with Crippen molar-refractivity contribution in [1.82, 2.24) is 16.0 Å². The van der Waals surface area contributed by atoms with Gasteiger partial charge in [0.2, 0.25) is 23.6 Å². The van der Waals surface area contributed by atoms with Crippen molar-refractivity contribution >= 4 is 41.4 Å². The number of primary amides is 1. The molecule has 32 heavy (non-hydrogen) atoms. The van der Waals surface area contributed by atoms with Crippen LogP contribution < -0.4 is 27.4 Å². The van der Waals surface area contributed by atoms with Gasteiger partial charge in [-0.25, -0.2) is 4.79 Å². The molecule has 13 heteroatoms. The summed E-state index contributed by atoms with van der Waals surface area (Å²) in [6.07, 6.45) is 2.23. The number of hydrogen-bond acceptors (Lipinski definition) is 8. The maximum atomic E-state index is 12.7. The van der Waals surface area contributed by atoms with Crippen LogP contribution in [0.2, 0.25) is 0 Å². The minimum atomic E-state index is -1.46. The van der Waals surface area contributed by atoms with Crippen LogP contribution in [0.1, 0.15) is 39.5 Å². The number of hydrogen-bond donors (Lipinski definition) is 7. The fraction of sp³-hybridized carbons (Fsp3) is 0.737. The predicted molar refractivity (Wildman–Crippen MR) is 119 cm³/mol. The Kier molecular flexibility index (Phi) is 14.3. The number of carboxylic acids is 1. The maximum absolute atomic E-state index is 12.7. The molecule has 0 aromatic rings. The molecule has 0 aromatic carbocycles. The highest BCUT2D eigenvalue weighted by Gasteiger charge is 2.30. The molecule has 0 saturated carbocycles. The van der Waals surface area contributed by atoms with E-state index in [4.69, 9.17) is 11.5 Å². The summed E-state index contributed by atoms with van der Waals surface area (Å²) in [6.45, 7) is 2.88. The Bertz CT molecular complexity index is 664. The summed E-state index contributed by atoms with van der Waals surface area (Å²) in [5.41, 5.74) is 10.9. The average Bonchev–Trinajstić information content (AvgIpc) is 2.75. The van der Waals surface area contributed by atoms with E-state index < -0.39 is 60.4 Å². The molecule has 0 bridgehead atoms. The van der Waals surface area contributed by atoms with Gasteiger partial charge in [0.15, 0.2) is 0 Å². The molecular formula is C19H35N5O7S. The van der Waals surface area contributed by atoms with Crippen molar-refractivity contribution < 1.29 is 34.2 Å². The molecule has 0 heterocycles. The summed E-state index contributed by atoms with van der Waals surface area (Å²) in [6, 6.07) is -4.71. The lowest BCUT2D eigenvalue weighted by Crippen LogP contribution is -2.58. The smallest absolute Gasteiger partial charge is 0.326 e. The van der Waals surface area contributed by atoms with Gasteiger partial charge in [-0.15, -0.1) is 0 Å². The molecule has 12 nitrogen and oxygen atoms in total. The van der Waals surface area contributed by atoms with Gasteiger partial charge >= 0.3 is 5.97 Å². The van der Waals surface area contributed by atoms with Crippen molar-refractivity contribution in [1.29, 1.82) is 0 Å². The molecule has 0 radical (unpaired) electrons. The van der Waals surface area contributed by atoms with E-state index in [0.717, 1.165) is 0 Å². The summed E-state index contributed by atoms with van der Waals surface area (Å²) in [5, 5.41) is 25.8. The maximum Gasteiger partial charge on any atom is 0.326 e. The molecule has 0 aliphatic heterocycles. The second-order valence-electron chi connectivity index (χ2n) is 7.40. The Balaban J connectivity index is 5.23. The van der Waals surface area contributed by atoms with E-state index in [0.29, 0.717) is 12.2 Å². The standard InChI is InChI=1S/C19H35N5O7S/c1-4-10(2)15(21)18(29)22-11(7-8-32-3)16(27)24-13(9-25)17(28)23-12(19(30)31)5-6-14(20)26/h10-13,15,25H,4-9,21H2,1-3H3,(H2,20,26)(H,22,29)(H,23,28)(H,24,27)(H,30,31). The Morgan fingerprint density at radius 1 is 0.938 bits per heavy atom. The van der Waals surface area contributed by atoms with Crippen LogP contribution in [-0.4, -0.2) is 82.6 Å². The number of aliphatic hydroxyl groups is 1. The molecular weight excluding hydrogens is 442 g/mol. The van der Waals surface area contributed by atoms with Gasteiger partial charge in [0.1, 0.15) is 18.1 Å². The quantitative estimate of drug-likeness (QED) is 0.129. The number of amides is 4. The van der Waals surface area contributed by atoms with Crippen LogP contribution in [0.5, 0.6) is 0 Å². The lowest BCUT2D eigenvalue weighted by Gasteiger charge is -2.25. The zero-order valence-electron chi connectivity index (χ0n) is 18.6. The van der Waals surface area contributed by atoms with E-state index >= 15 is 0 Å². The molecule has 184 valence electrons. The topological polar surface area (TPSA) is 214 Å². The third kappa shape index (κ3) is 10.8. The van der Waals surface area contributed by atoms with Gasteiger partial charge in [0.25, 0.3) is 0 Å². The predicted octanol–water partition coefficient (Wildman–Crippen LogP) is -2.09. The minimum absolute atomic E-state index is 0.108. The van der Waals surface area contributed by atoms with E-state index in [2.05, 4.69) is 16.0 Å². The number of carbonyl (C=O) groups is 5. The molecule has 4 amide bonds. The normalized spacial score (nSPS) is 15.5. The van der Waals surface area contributed by atoms with Gasteiger partial charge in [0.05, 0.1) is 12.6 Å². The second-order valence-corrected chi connectivity index (χ2v) is 8.39. The summed E-state index contributed by atoms with van der Waals surface area (Å²) in [4.78, 5) is 59.7. The zero-order valence-corrected chi connectivity index (χ0v) is 19.4. The van der Waals surface area contributed by atoms with Crippen LogP contribution in [0.25, 0.3) is 0 Å². The van der Waals surface area contributed by atoms with Crippen molar-refractivity contribution in [2.45, 2.75) is 63.7 Å². The molecule has 9 N–H and O–H groups in total. The SMILES string of the molecule is CCC(C)C(N)C(=O)NC(CCSC)C(=O)NC(CO)C(=O)NC(CCC(N)=O)C(=O)O. The minimum Gasteiger partial charge on any atom is -0.480 e. The average molecular weight is 478 g/mol. The van der Waals surface area contributed by atoms with Gasteiger partial charge in [0, 0.05) is 6.42 Å². The van der Waals surface area contributed by atoms with E-state index in [9.17, 15) is 34.2 Å². The Morgan fingerprint density at radius 2 is 1.47 bits per heavy atom. The van der Waals surface area contributed by atoms with Crippen LogP contribution in [-0.2, 0) is 24.0 Å². The third-order valence-electron chi connectivity index (χ3n) is 4.91. The van der Waals surface area contributed by atoms with Crippen molar-refractivity contribution in [3.05, 3.63) is 0 Å². The highest BCUT2D eigenvalue weighted by Crippen LogP contribution is 2.08. The van der Waals surface area contributed by atoms with Crippen LogP contribution in [0.3, 0.4) is 0 Å².